The Hall–Kier alpha value is -2.10. The van der Waals surface area contributed by atoms with Gasteiger partial charge in [0.2, 0.25) is 10.0 Å². The predicted molar refractivity (Wildman–Crippen MR) is 89.6 cm³/mol. The van der Waals surface area contributed by atoms with Gasteiger partial charge in [-0.15, -0.1) is 0 Å². The molecule has 140 valence electrons. The van der Waals surface area contributed by atoms with Crippen molar-refractivity contribution in [1.82, 2.24) is 10.0 Å². The summed E-state index contributed by atoms with van der Waals surface area (Å²) < 4.78 is 71.2. The summed E-state index contributed by atoms with van der Waals surface area (Å²) in [5.74, 6) is 0.161. The van der Waals surface area contributed by atoms with Crippen molar-refractivity contribution < 1.29 is 26.3 Å². The summed E-state index contributed by atoms with van der Waals surface area (Å²) in [6.45, 7) is 1.28. The Balaban J connectivity index is 1.83. The number of ether oxygens (including phenoxy) is 1. The summed E-state index contributed by atoms with van der Waals surface area (Å²) in [4.78, 5) is -0.0632. The zero-order valence-corrected chi connectivity index (χ0v) is 14.4. The van der Waals surface area contributed by atoms with Gasteiger partial charge in [-0.1, -0.05) is 12.1 Å². The molecule has 2 N–H and O–H groups in total. The van der Waals surface area contributed by atoms with Crippen LogP contribution in [0.1, 0.15) is 12.0 Å². The lowest BCUT2D eigenvalue weighted by molar-refractivity contribution is -0.137. The molecule has 1 atom stereocenters. The minimum atomic E-state index is -4.45. The largest absolute Gasteiger partial charge is 0.456 e. The van der Waals surface area contributed by atoms with Crippen molar-refractivity contribution in [2.75, 3.05) is 13.1 Å². The number of para-hydroxylation sites is 1. The molecule has 0 radical (unpaired) electrons. The van der Waals surface area contributed by atoms with Gasteiger partial charge in [0, 0.05) is 12.6 Å². The molecule has 1 aliphatic rings. The van der Waals surface area contributed by atoms with E-state index >= 15 is 0 Å². The van der Waals surface area contributed by atoms with E-state index in [1.54, 1.807) is 12.1 Å². The Labute approximate surface area is 149 Å². The molecule has 1 heterocycles. The van der Waals surface area contributed by atoms with Crippen LogP contribution in [-0.4, -0.2) is 27.5 Å². The SMILES string of the molecule is O=S(=O)(NC1CCNC1)c1ccccc1Oc1ccc(C(F)(F)F)cc1. The number of rotatable bonds is 5. The number of nitrogens with one attached hydrogen (secondary N) is 2. The van der Waals surface area contributed by atoms with Crippen LogP contribution in [0.15, 0.2) is 53.4 Å². The van der Waals surface area contributed by atoms with E-state index in [4.69, 9.17) is 4.74 Å². The third-order valence-electron chi connectivity index (χ3n) is 3.93. The minimum Gasteiger partial charge on any atom is -0.456 e. The van der Waals surface area contributed by atoms with Crippen LogP contribution in [0.2, 0.25) is 0 Å². The zero-order valence-electron chi connectivity index (χ0n) is 13.6. The van der Waals surface area contributed by atoms with Gasteiger partial charge in [-0.2, -0.15) is 13.2 Å². The molecule has 2 aromatic carbocycles. The monoisotopic (exact) mass is 386 g/mol. The first-order valence-electron chi connectivity index (χ1n) is 7.93. The topological polar surface area (TPSA) is 67.4 Å². The molecular weight excluding hydrogens is 369 g/mol. The molecule has 1 unspecified atom stereocenters. The van der Waals surface area contributed by atoms with E-state index in [1.807, 2.05) is 0 Å². The number of hydrogen-bond acceptors (Lipinski definition) is 4. The van der Waals surface area contributed by atoms with Gasteiger partial charge < -0.3 is 10.1 Å². The quantitative estimate of drug-likeness (QED) is 0.829. The van der Waals surface area contributed by atoms with Gasteiger partial charge in [-0.25, -0.2) is 13.1 Å². The van der Waals surface area contributed by atoms with Gasteiger partial charge in [0.1, 0.15) is 16.4 Å². The Morgan fingerprint density at radius 3 is 2.38 bits per heavy atom. The molecule has 0 spiro atoms. The number of halogens is 3. The summed E-state index contributed by atoms with van der Waals surface area (Å²) in [6.07, 6.45) is -3.76. The van der Waals surface area contributed by atoms with Crippen molar-refractivity contribution in [3.63, 3.8) is 0 Å². The molecule has 1 fully saturated rings. The molecular formula is C17H17F3N2O3S. The summed E-state index contributed by atoms with van der Waals surface area (Å²) in [6, 6.07) is 9.87. The van der Waals surface area contributed by atoms with E-state index in [9.17, 15) is 21.6 Å². The van der Waals surface area contributed by atoms with Crippen LogP contribution in [0.5, 0.6) is 11.5 Å². The van der Waals surface area contributed by atoms with Crippen LogP contribution in [0.4, 0.5) is 13.2 Å². The van der Waals surface area contributed by atoms with Gasteiger partial charge in [0.05, 0.1) is 5.56 Å². The summed E-state index contributed by atoms with van der Waals surface area (Å²) in [5, 5.41) is 3.07. The molecule has 0 aromatic heterocycles. The van der Waals surface area contributed by atoms with Crippen molar-refractivity contribution in [1.29, 1.82) is 0 Å². The first kappa shape index (κ1) is 18.7. The van der Waals surface area contributed by atoms with Crippen LogP contribution >= 0.6 is 0 Å². The molecule has 5 nitrogen and oxygen atoms in total. The number of alkyl halides is 3. The van der Waals surface area contributed by atoms with Crippen LogP contribution in [0.3, 0.4) is 0 Å². The zero-order chi connectivity index (χ0) is 18.8. The van der Waals surface area contributed by atoms with Gasteiger partial charge in [-0.05, 0) is 49.4 Å². The standard InChI is InChI=1S/C17H17F3N2O3S/c18-17(19,20)12-5-7-14(8-6-12)25-15-3-1-2-4-16(15)26(23,24)22-13-9-10-21-11-13/h1-8,13,21-22H,9-11H2. The van der Waals surface area contributed by atoms with E-state index in [1.165, 1.54) is 12.1 Å². The summed E-state index contributed by atoms with van der Waals surface area (Å²) in [7, 11) is -3.82. The van der Waals surface area contributed by atoms with E-state index in [0.29, 0.717) is 13.0 Å². The fraction of sp³-hybridized carbons (Fsp3) is 0.294. The highest BCUT2D eigenvalue weighted by Gasteiger charge is 2.30. The van der Waals surface area contributed by atoms with E-state index in [2.05, 4.69) is 10.0 Å². The van der Waals surface area contributed by atoms with Crippen LogP contribution in [-0.2, 0) is 16.2 Å². The Morgan fingerprint density at radius 1 is 1.08 bits per heavy atom. The Kier molecular flexibility index (Phi) is 5.22. The van der Waals surface area contributed by atoms with Crippen molar-refractivity contribution in [2.24, 2.45) is 0 Å². The molecule has 1 saturated heterocycles. The molecule has 0 aliphatic carbocycles. The summed E-state index contributed by atoms with van der Waals surface area (Å²) >= 11 is 0. The minimum absolute atomic E-state index is 0.0470. The molecule has 9 heteroatoms. The molecule has 0 bridgehead atoms. The number of hydrogen-bond donors (Lipinski definition) is 2. The van der Waals surface area contributed by atoms with Crippen LogP contribution in [0.25, 0.3) is 0 Å². The van der Waals surface area contributed by atoms with Crippen molar-refractivity contribution in [3.8, 4) is 11.5 Å². The fourth-order valence-corrected chi connectivity index (χ4v) is 4.03. The smallest absolute Gasteiger partial charge is 0.416 e. The van der Waals surface area contributed by atoms with Gasteiger partial charge in [-0.3, -0.25) is 0 Å². The van der Waals surface area contributed by atoms with Crippen molar-refractivity contribution in [3.05, 3.63) is 54.1 Å². The number of sulfonamides is 1. The number of benzene rings is 2. The second-order valence-corrected chi connectivity index (χ2v) is 7.56. The maximum atomic E-state index is 12.6. The Morgan fingerprint density at radius 2 is 1.77 bits per heavy atom. The van der Waals surface area contributed by atoms with Gasteiger partial charge in [0.25, 0.3) is 0 Å². The lowest BCUT2D eigenvalue weighted by Crippen LogP contribution is -2.36. The van der Waals surface area contributed by atoms with Crippen molar-refractivity contribution in [2.45, 2.75) is 23.5 Å². The highest BCUT2D eigenvalue weighted by molar-refractivity contribution is 7.89. The second kappa shape index (κ2) is 7.26. The molecule has 26 heavy (non-hydrogen) atoms. The fourth-order valence-electron chi connectivity index (χ4n) is 2.63. The maximum Gasteiger partial charge on any atom is 0.416 e. The normalized spacial score (nSPS) is 18.0. The highest BCUT2D eigenvalue weighted by atomic mass is 32.2. The molecule has 1 aliphatic heterocycles. The lowest BCUT2D eigenvalue weighted by Gasteiger charge is -2.15. The Bertz CT molecular complexity index is 862. The molecule has 0 saturated carbocycles. The van der Waals surface area contributed by atoms with Gasteiger partial charge >= 0.3 is 6.18 Å². The summed E-state index contributed by atoms with van der Waals surface area (Å²) in [5.41, 5.74) is -0.804. The van der Waals surface area contributed by atoms with E-state index in [-0.39, 0.29) is 22.4 Å². The van der Waals surface area contributed by atoms with E-state index < -0.39 is 21.8 Å². The molecule has 3 rings (SSSR count). The maximum absolute atomic E-state index is 12.6. The average Bonchev–Trinajstić information content (AvgIpc) is 3.07. The second-order valence-electron chi connectivity index (χ2n) is 5.88. The van der Waals surface area contributed by atoms with Crippen LogP contribution in [0, 0.1) is 0 Å². The van der Waals surface area contributed by atoms with Crippen molar-refractivity contribution >= 4 is 10.0 Å². The third-order valence-corrected chi connectivity index (χ3v) is 5.49. The lowest BCUT2D eigenvalue weighted by atomic mass is 10.2. The average molecular weight is 386 g/mol. The van der Waals surface area contributed by atoms with Crippen LogP contribution < -0.4 is 14.8 Å². The highest BCUT2D eigenvalue weighted by Crippen LogP contribution is 2.33. The first-order valence-corrected chi connectivity index (χ1v) is 9.41. The van der Waals surface area contributed by atoms with Gasteiger partial charge in [0.15, 0.2) is 0 Å². The predicted octanol–water partition coefficient (Wildman–Crippen LogP) is 3.14. The third kappa shape index (κ3) is 4.35. The molecule has 2 aromatic rings. The molecule has 0 amide bonds. The van der Waals surface area contributed by atoms with E-state index in [0.717, 1.165) is 30.8 Å². The first-order chi connectivity index (χ1) is 12.3.